The molecule has 20 heavy (non-hydrogen) atoms. The topological polar surface area (TPSA) is 55.6 Å². The van der Waals surface area contributed by atoms with Crippen molar-refractivity contribution in [3.8, 4) is 0 Å². The quantitative estimate of drug-likeness (QED) is 0.898. The first-order valence-corrected chi connectivity index (χ1v) is 7.10. The minimum absolute atomic E-state index is 0.0107. The fourth-order valence-corrected chi connectivity index (χ4v) is 2.42. The Kier molecular flexibility index (Phi) is 4.45. The highest BCUT2D eigenvalue weighted by Crippen LogP contribution is 2.33. The molecule has 1 aromatic carbocycles. The monoisotopic (exact) mass is 276 g/mol. The molecule has 1 aliphatic heterocycles. The van der Waals surface area contributed by atoms with E-state index in [4.69, 9.17) is 10.5 Å². The van der Waals surface area contributed by atoms with Gasteiger partial charge in [0, 0.05) is 6.54 Å². The van der Waals surface area contributed by atoms with E-state index in [0.29, 0.717) is 13.1 Å². The van der Waals surface area contributed by atoms with Gasteiger partial charge in [0.25, 0.3) is 0 Å². The van der Waals surface area contributed by atoms with Crippen molar-refractivity contribution in [1.82, 2.24) is 4.90 Å². The van der Waals surface area contributed by atoms with Crippen LogP contribution >= 0.6 is 0 Å². The van der Waals surface area contributed by atoms with E-state index in [9.17, 15) is 4.79 Å². The summed E-state index contributed by atoms with van der Waals surface area (Å²) in [6, 6.07) is 10.1. The van der Waals surface area contributed by atoms with E-state index in [1.165, 1.54) is 0 Å². The minimum atomic E-state index is -0.0790. The van der Waals surface area contributed by atoms with Gasteiger partial charge < -0.3 is 15.4 Å². The fourth-order valence-electron chi connectivity index (χ4n) is 2.42. The van der Waals surface area contributed by atoms with E-state index in [2.05, 4.69) is 20.8 Å². The number of benzene rings is 1. The summed E-state index contributed by atoms with van der Waals surface area (Å²) in [7, 11) is 0. The standard InChI is InChI=1S/C16H24N2O2/c1-16(2,3)14-11-18(15(19)9-17)10-13(20-14)12-7-5-4-6-8-12/h4-8,13-14H,9-11,17H2,1-3H3/t13-,14+/m0/s1. The Labute approximate surface area is 120 Å². The number of carbonyl (C=O) groups excluding carboxylic acids is 1. The molecule has 1 heterocycles. The third-order valence-corrected chi connectivity index (χ3v) is 3.77. The van der Waals surface area contributed by atoms with Crippen LogP contribution in [0.15, 0.2) is 30.3 Å². The molecule has 0 aliphatic carbocycles. The van der Waals surface area contributed by atoms with Gasteiger partial charge in [-0.1, -0.05) is 51.1 Å². The zero-order chi connectivity index (χ0) is 14.8. The summed E-state index contributed by atoms with van der Waals surface area (Å²) in [6.07, 6.45) is -0.0679. The Balaban J connectivity index is 2.22. The predicted molar refractivity (Wildman–Crippen MR) is 79.1 cm³/mol. The Bertz CT molecular complexity index is 453. The molecule has 2 atom stereocenters. The second-order valence-corrected chi connectivity index (χ2v) is 6.39. The van der Waals surface area contributed by atoms with Gasteiger partial charge in [-0.15, -0.1) is 0 Å². The van der Waals surface area contributed by atoms with Crippen LogP contribution in [0.4, 0.5) is 0 Å². The van der Waals surface area contributed by atoms with Crippen LogP contribution in [0.1, 0.15) is 32.4 Å². The molecule has 1 aliphatic rings. The van der Waals surface area contributed by atoms with Crippen molar-refractivity contribution in [3.63, 3.8) is 0 Å². The molecule has 0 bridgehead atoms. The third-order valence-electron chi connectivity index (χ3n) is 3.77. The molecule has 1 aromatic rings. The Morgan fingerprint density at radius 3 is 2.50 bits per heavy atom. The van der Waals surface area contributed by atoms with E-state index in [1.54, 1.807) is 0 Å². The van der Waals surface area contributed by atoms with Crippen LogP contribution < -0.4 is 5.73 Å². The fraction of sp³-hybridized carbons (Fsp3) is 0.562. The molecule has 4 heteroatoms. The molecule has 1 fully saturated rings. The van der Waals surface area contributed by atoms with Crippen LogP contribution in [0, 0.1) is 5.41 Å². The Morgan fingerprint density at radius 2 is 1.95 bits per heavy atom. The number of amides is 1. The van der Waals surface area contributed by atoms with E-state index in [1.807, 2.05) is 35.2 Å². The molecule has 0 unspecified atom stereocenters. The lowest BCUT2D eigenvalue weighted by molar-refractivity contribution is -0.155. The van der Waals surface area contributed by atoms with E-state index in [-0.39, 0.29) is 30.1 Å². The van der Waals surface area contributed by atoms with Crippen LogP contribution in [0.25, 0.3) is 0 Å². The molecular weight excluding hydrogens is 252 g/mol. The highest BCUT2D eigenvalue weighted by atomic mass is 16.5. The molecular formula is C16H24N2O2. The van der Waals surface area contributed by atoms with Gasteiger partial charge in [-0.05, 0) is 11.0 Å². The van der Waals surface area contributed by atoms with Gasteiger partial charge in [0.2, 0.25) is 5.91 Å². The first-order valence-electron chi connectivity index (χ1n) is 7.10. The Hall–Kier alpha value is -1.39. The van der Waals surface area contributed by atoms with Crippen molar-refractivity contribution < 1.29 is 9.53 Å². The number of hydrogen-bond donors (Lipinski definition) is 1. The smallest absolute Gasteiger partial charge is 0.236 e. The average Bonchev–Trinajstić information content (AvgIpc) is 2.46. The summed E-state index contributed by atoms with van der Waals surface area (Å²) in [5, 5.41) is 0. The zero-order valence-electron chi connectivity index (χ0n) is 12.5. The molecule has 1 saturated heterocycles. The van der Waals surface area contributed by atoms with Gasteiger partial charge in [-0.25, -0.2) is 0 Å². The van der Waals surface area contributed by atoms with Gasteiger partial charge in [0.15, 0.2) is 0 Å². The van der Waals surface area contributed by atoms with E-state index < -0.39 is 0 Å². The second-order valence-electron chi connectivity index (χ2n) is 6.39. The van der Waals surface area contributed by atoms with Crippen molar-refractivity contribution in [2.45, 2.75) is 33.0 Å². The lowest BCUT2D eigenvalue weighted by atomic mass is 9.87. The highest BCUT2D eigenvalue weighted by Gasteiger charge is 2.36. The number of nitrogens with two attached hydrogens (primary N) is 1. The number of ether oxygens (including phenoxy) is 1. The van der Waals surface area contributed by atoms with E-state index in [0.717, 1.165) is 5.56 Å². The summed E-state index contributed by atoms with van der Waals surface area (Å²) in [6.45, 7) is 7.65. The minimum Gasteiger partial charge on any atom is -0.366 e. The molecule has 0 spiro atoms. The molecule has 0 radical (unpaired) electrons. The Morgan fingerprint density at radius 1 is 1.30 bits per heavy atom. The van der Waals surface area contributed by atoms with Gasteiger partial charge in [-0.2, -0.15) is 0 Å². The summed E-state index contributed by atoms with van der Waals surface area (Å²) >= 11 is 0. The third kappa shape index (κ3) is 3.38. The van der Waals surface area contributed by atoms with Crippen LogP contribution in [0.5, 0.6) is 0 Å². The molecule has 0 aromatic heterocycles. The van der Waals surface area contributed by atoms with Crippen LogP contribution in [-0.2, 0) is 9.53 Å². The molecule has 2 N–H and O–H groups in total. The normalized spacial score (nSPS) is 23.7. The van der Waals surface area contributed by atoms with Crippen molar-refractivity contribution in [1.29, 1.82) is 0 Å². The molecule has 110 valence electrons. The lowest BCUT2D eigenvalue weighted by Crippen LogP contribution is -2.52. The first-order chi connectivity index (χ1) is 9.41. The summed E-state index contributed by atoms with van der Waals surface area (Å²) in [5.74, 6) is -0.0107. The van der Waals surface area contributed by atoms with E-state index >= 15 is 0 Å². The number of carbonyl (C=O) groups is 1. The SMILES string of the molecule is CC(C)(C)[C@H]1CN(C(=O)CN)C[C@@H](c2ccccc2)O1. The van der Waals surface area contributed by atoms with Gasteiger partial charge in [-0.3, -0.25) is 4.79 Å². The predicted octanol–water partition coefficient (Wildman–Crippen LogP) is 1.96. The maximum atomic E-state index is 12.0. The molecule has 2 rings (SSSR count). The average molecular weight is 276 g/mol. The van der Waals surface area contributed by atoms with Crippen molar-refractivity contribution in [2.75, 3.05) is 19.6 Å². The molecule has 4 nitrogen and oxygen atoms in total. The van der Waals surface area contributed by atoms with Crippen molar-refractivity contribution in [2.24, 2.45) is 11.1 Å². The summed E-state index contributed by atoms with van der Waals surface area (Å²) < 4.78 is 6.23. The number of morpholine rings is 1. The number of nitrogens with zero attached hydrogens (tertiary/aromatic N) is 1. The second kappa shape index (κ2) is 5.94. The maximum Gasteiger partial charge on any atom is 0.236 e. The summed E-state index contributed by atoms with van der Waals surface area (Å²) in [5.41, 5.74) is 6.60. The highest BCUT2D eigenvalue weighted by molar-refractivity contribution is 5.78. The molecule has 0 saturated carbocycles. The zero-order valence-corrected chi connectivity index (χ0v) is 12.5. The maximum absolute atomic E-state index is 12.0. The van der Waals surface area contributed by atoms with Crippen molar-refractivity contribution >= 4 is 5.91 Å². The van der Waals surface area contributed by atoms with Gasteiger partial charge in [0.05, 0.1) is 19.2 Å². The largest absolute Gasteiger partial charge is 0.366 e. The summed E-state index contributed by atoms with van der Waals surface area (Å²) in [4.78, 5) is 13.8. The number of hydrogen-bond acceptors (Lipinski definition) is 3. The molecule has 1 amide bonds. The number of rotatable bonds is 2. The van der Waals surface area contributed by atoms with Crippen LogP contribution in [-0.4, -0.2) is 36.5 Å². The van der Waals surface area contributed by atoms with Crippen LogP contribution in [0.3, 0.4) is 0 Å². The van der Waals surface area contributed by atoms with Crippen LogP contribution in [0.2, 0.25) is 0 Å². The van der Waals surface area contributed by atoms with Gasteiger partial charge >= 0.3 is 0 Å². The van der Waals surface area contributed by atoms with Crippen molar-refractivity contribution in [3.05, 3.63) is 35.9 Å². The van der Waals surface area contributed by atoms with Gasteiger partial charge in [0.1, 0.15) is 6.10 Å². The lowest BCUT2D eigenvalue weighted by Gasteiger charge is -2.43. The first kappa shape index (κ1) is 15.0.